The van der Waals surface area contributed by atoms with Crippen molar-refractivity contribution in [2.24, 2.45) is 0 Å². The molecular weight excluding hydrogens is 354 g/mol. The maximum atomic E-state index is 12.4. The number of hydrogen-bond donors (Lipinski definition) is 1. The summed E-state index contributed by atoms with van der Waals surface area (Å²) >= 11 is 0. The predicted octanol–water partition coefficient (Wildman–Crippen LogP) is 4.35. The number of amides is 1. The number of benzene rings is 2. The molecule has 142 valence electrons. The van der Waals surface area contributed by atoms with E-state index in [1.54, 1.807) is 24.3 Å². The van der Waals surface area contributed by atoms with Crippen LogP contribution in [-0.2, 0) is 4.74 Å². The van der Waals surface area contributed by atoms with E-state index in [-0.39, 0.29) is 11.9 Å². The van der Waals surface area contributed by atoms with Crippen LogP contribution in [0.5, 0.6) is 0 Å². The average molecular weight is 375 g/mol. The number of anilines is 1. The van der Waals surface area contributed by atoms with E-state index in [9.17, 15) is 9.59 Å². The molecule has 0 saturated heterocycles. The maximum Gasteiger partial charge on any atom is 0.338 e. The summed E-state index contributed by atoms with van der Waals surface area (Å²) in [6, 6.07) is 16.1. The van der Waals surface area contributed by atoms with Crippen LogP contribution in [0.3, 0.4) is 0 Å². The molecule has 0 aliphatic heterocycles. The van der Waals surface area contributed by atoms with Crippen molar-refractivity contribution in [3.8, 4) is 11.4 Å². The molecule has 1 aromatic heterocycles. The topological polar surface area (TPSA) is 81.2 Å². The van der Waals surface area contributed by atoms with Crippen LogP contribution in [0.2, 0.25) is 0 Å². The molecule has 3 rings (SSSR count). The van der Waals surface area contributed by atoms with Gasteiger partial charge in [-0.1, -0.05) is 43.7 Å². The molecule has 6 nitrogen and oxygen atoms in total. The van der Waals surface area contributed by atoms with Gasteiger partial charge in [0.15, 0.2) is 5.82 Å². The zero-order valence-corrected chi connectivity index (χ0v) is 15.6. The number of aromatic nitrogens is 2. The summed E-state index contributed by atoms with van der Waals surface area (Å²) in [4.78, 5) is 32.8. The molecule has 0 spiro atoms. The molecule has 0 aliphatic rings. The van der Waals surface area contributed by atoms with Gasteiger partial charge in [-0.3, -0.25) is 4.79 Å². The van der Waals surface area contributed by atoms with Crippen molar-refractivity contribution in [1.82, 2.24) is 9.97 Å². The van der Waals surface area contributed by atoms with Crippen molar-refractivity contribution in [1.29, 1.82) is 0 Å². The molecule has 0 saturated carbocycles. The third-order valence-electron chi connectivity index (χ3n) is 4.06. The first kappa shape index (κ1) is 19.2. The van der Waals surface area contributed by atoms with E-state index in [2.05, 4.69) is 15.3 Å². The lowest BCUT2D eigenvalue weighted by atomic mass is 10.2. The molecule has 2 aromatic carbocycles. The largest absolute Gasteiger partial charge is 0.462 e. The van der Waals surface area contributed by atoms with Gasteiger partial charge in [-0.05, 0) is 30.7 Å². The van der Waals surface area contributed by atoms with Crippen LogP contribution in [0.15, 0.2) is 67.0 Å². The summed E-state index contributed by atoms with van der Waals surface area (Å²) in [6.07, 6.45) is 4.79. The number of esters is 1. The number of hydrogen-bond acceptors (Lipinski definition) is 5. The third kappa shape index (κ3) is 5.01. The van der Waals surface area contributed by atoms with Crippen molar-refractivity contribution in [3.63, 3.8) is 0 Å². The Bertz CT molecular complexity index is 924. The SMILES string of the molecule is CCCCOC(=O)c1ccc(NC(=O)c2cnc(-c3ccccc3)nc2)cc1. The minimum Gasteiger partial charge on any atom is -0.462 e. The Morgan fingerprint density at radius 2 is 1.61 bits per heavy atom. The summed E-state index contributed by atoms with van der Waals surface area (Å²) in [5.41, 5.74) is 2.26. The van der Waals surface area contributed by atoms with E-state index in [0.29, 0.717) is 29.2 Å². The Kier molecular flexibility index (Phi) is 6.46. The zero-order chi connectivity index (χ0) is 19.8. The highest BCUT2D eigenvalue weighted by molar-refractivity contribution is 6.04. The number of carbonyl (C=O) groups is 2. The first-order chi connectivity index (χ1) is 13.7. The highest BCUT2D eigenvalue weighted by Gasteiger charge is 2.10. The second-order valence-corrected chi connectivity index (χ2v) is 6.18. The number of ether oxygens (including phenoxy) is 1. The van der Waals surface area contributed by atoms with Gasteiger partial charge in [-0.25, -0.2) is 14.8 Å². The Balaban J connectivity index is 1.60. The van der Waals surface area contributed by atoms with Gasteiger partial charge in [0.1, 0.15) is 0 Å². The molecule has 0 fully saturated rings. The zero-order valence-electron chi connectivity index (χ0n) is 15.6. The molecule has 3 aromatic rings. The molecule has 0 atom stereocenters. The van der Waals surface area contributed by atoms with Crippen LogP contribution in [0.4, 0.5) is 5.69 Å². The lowest BCUT2D eigenvalue weighted by Crippen LogP contribution is -2.13. The van der Waals surface area contributed by atoms with Crippen LogP contribution in [0, 0.1) is 0 Å². The number of carbonyl (C=O) groups excluding carboxylic acids is 2. The van der Waals surface area contributed by atoms with Gasteiger partial charge in [-0.2, -0.15) is 0 Å². The molecule has 0 aliphatic carbocycles. The van der Waals surface area contributed by atoms with Crippen molar-refractivity contribution in [3.05, 3.63) is 78.1 Å². The van der Waals surface area contributed by atoms with Crippen molar-refractivity contribution < 1.29 is 14.3 Å². The molecule has 0 unspecified atom stereocenters. The van der Waals surface area contributed by atoms with E-state index in [1.807, 2.05) is 37.3 Å². The van der Waals surface area contributed by atoms with Gasteiger partial charge >= 0.3 is 5.97 Å². The molecule has 0 bridgehead atoms. The normalized spacial score (nSPS) is 10.3. The molecule has 1 amide bonds. The summed E-state index contributed by atoms with van der Waals surface area (Å²) in [6.45, 7) is 2.44. The Morgan fingerprint density at radius 1 is 0.929 bits per heavy atom. The van der Waals surface area contributed by atoms with Crippen molar-refractivity contribution in [2.75, 3.05) is 11.9 Å². The second kappa shape index (κ2) is 9.41. The fourth-order valence-corrected chi connectivity index (χ4v) is 2.47. The monoisotopic (exact) mass is 375 g/mol. The van der Waals surface area contributed by atoms with Crippen LogP contribution < -0.4 is 5.32 Å². The third-order valence-corrected chi connectivity index (χ3v) is 4.06. The first-order valence-corrected chi connectivity index (χ1v) is 9.13. The van der Waals surface area contributed by atoms with Gasteiger partial charge < -0.3 is 10.1 Å². The van der Waals surface area contributed by atoms with Crippen LogP contribution in [0.25, 0.3) is 11.4 Å². The van der Waals surface area contributed by atoms with Crippen molar-refractivity contribution >= 4 is 17.6 Å². The molecule has 1 N–H and O–H groups in total. The maximum absolute atomic E-state index is 12.4. The van der Waals surface area contributed by atoms with Gasteiger partial charge in [0.05, 0.1) is 17.7 Å². The number of nitrogens with one attached hydrogen (secondary N) is 1. The predicted molar refractivity (Wildman–Crippen MR) is 107 cm³/mol. The minimum absolute atomic E-state index is 0.321. The van der Waals surface area contributed by atoms with E-state index < -0.39 is 0 Å². The Labute approximate surface area is 163 Å². The molecule has 6 heteroatoms. The molecule has 28 heavy (non-hydrogen) atoms. The fourth-order valence-electron chi connectivity index (χ4n) is 2.47. The highest BCUT2D eigenvalue weighted by Crippen LogP contribution is 2.15. The number of rotatable bonds is 7. The van der Waals surface area contributed by atoms with Crippen molar-refractivity contribution in [2.45, 2.75) is 19.8 Å². The summed E-state index contributed by atoms with van der Waals surface area (Å²) in [5, 5.41) is 2.76. The summed E-state index contributed by atoms with van der Waals surface area (Å²) in [5.74, 6) is -0.128. The standard InChI is InChI=1S/C22H21N3O3/c1-2-3-13-28-22(27)17-9-11-19(12-10-17)25-21(26)18-14-23-20(24-15-18)16-7-5-4-6-8-16/h4-12,14-15H,2-3,13H2,1H3,(H,25,26). The van der Waals surface area contributed by atoms with Crippen LogP contribution >= 0.6 is 0 Å². The van der Waals surface area contributed by atoms with Crippen LogP contribution in [-0.4, -0.2) is 28.5 Å². The average Bonchev–Trinajstić information content (AvgIpc) is 2.75. The van der Waals surface area contributed by atoms with E-state index >= 15 is 0 Å². The van der Waals surface area contributed by atoms with Gasteiger partial charge in [0.25, 0.3) is 5.91 Å². The van der Waals surface area contributed by atoms with E-state index in [0.717, 1.165) is 18.4 Å². The molecule has 1 heterocycles. The number of nitrogens with zero attached hydrogens (tertiary/aromatic N) is 2. The quantitative estimate of drug-likeness (QED) is 0.490. The van der Waals surface area contributed by atoms with Gasteiger partial charge in [0.2, 0.25) is 0 Å². The summed E-state index contributed by atoms with van der Waals surface area (Å²) < 4.78 is 5.16. The fraction of sp³-hybridized carbons (Fsp3) is 0.182. The van der Waals surface area contributed by atoms with E-state index in [4.69, 9.17) is 4.74 Å². The van der Waals surface area contributed by atoms with Gasteiger partial charge in [-0.15, -0.1) is 0 Å². The lowest BCUT2D eigenvalue weighted by Gasteiger charge is -2.07. The first-order valence-electron chi connectivity index (χ1n) is 9.13. The Hall–Kier alpha value is -3.54. The second-order valence-electron chi connectivity index (χ2n) is 6.18. The Morgan fingerprint density at radius 3 is 2.25 bits per heavy atom. The highest BCUT2D eigenvalue weighted by atomic mass is 16.5. The lowest BCUT2D eigenvalue weighted by molar-refractivity contribution is 0.0499. The minimum atomic E-state index is -0.365. The summed E-state index contributed by atoms with van der Waals surface area (Å²) in [7, 11) is 0. The smallest absolute Gasteiger partial charge is 0.338 e. The van der Waals surface area contributed by atoms with Crippen LogP contribution in [0.1, 0.15) is 40.5 Å². The number of unbranched alkanes of at least 4 members (excludes halogenated alkanes) is 1. The molecule has 0 radical (unpaired) electrons. The van der Waals surface area contributed by atoms with Gasteiger partial charge in [0, 0.05) is 23.6 Å². The van der Waals surface area contributed by atoms with E-state index in [1.165, 1.54) is 12.4 Å². The molecular formula is C22H21N3O3.